The lowest BCUT2D eigenvalue weighted by molar-refractivity contribution is 0.175. The Bertz CT molecular complexity index is 715. The SMILES string of the molecule is O=c1cc(Cl)[nH]c(=O)n1C1CCN(Cc2ccccc2)CC1. The van der Waals surface area contributed by atoms with Crippen molar-refractivity contribution in [1.82, 2.24) is 14.5 Å². The minimum Gasteiger partial charge on any atom is -0.299 e. The minimum absolute atomic E-state index is 0.0551. The van der Waals surface area contributed by atoms with Gasteiger partial charge < -0.3 is 0 Å². The van der Waals surface area contributed by atoms with Crippen LogP contribution in [0.2, 0.25) is 5.15 Å². The van der Waals surface area contributed by atoms with Crippen LogP contribution >= 0.6 is 11.6 Å². The number of likely N-dealkylation sites (tertiary alicyclic amines) is 1. The van der Waals surface area contributed by atoms with Crippen molar-refractivity contribution in [3.63, 3.8) is 0 Å². The highest BCUT2D eigenvalue weighted by Gasteiger charge is 2.23. The van der Waals surface area contributed by atoms with Crippen molar-refractivity contribution in [2.24, 2.45) is 0 Å². The second kappa shape index (κ2) is 6.50. The number of rotatable bonds is 3. The van der Waals surface area contributed by atoms with Crippen LogP contribution in [-0.4, -0.2) is 27.5 Å². The van der Waals surface area contributed by atoms with Gasteiger partial charge in [-0.25, -0.2) is 4.79 Å². The van der Waals surface area contributed by atoms with Gasteiger partial charge in [-0.1, -0.05) is 41.9 Å². The van der Waals surface area contributed by atoms with Crippen molar-refractivity contribution >= 4 is 11.6 Å². The van der Waals surface area contributed by atoms with E-state index in [1.807, 2.05) is 18.2 Å². The molecular formula is C16H18ClN3O2. The maximum absolute atomic E-state index is 12.0. The summed E-state index contributed by atoms with van der Waals surface area (Å²) in [4.78, 5) is 28.8. The molecule has 0 radical (unpaired) electrons. The standard InChI is InChI=1S/C16H18ClN3O2/c17-14-10-15(21)20(16(22)18-14)13-6-8-19(9-7-13)11-12-4-2-1-3-5-12/h1-5,10,13H,6-9,11H2,(H,18,22). The fourth-order valence-electron chi connectivity index (χ4n) is 3.00. The summed E-state index contributed by atoms with van der Waals surface area (Å²) < 4.78 is 1.30. The van der Waals surface area contributed by atoms with Crippen molar-refractivity contribution in [2.75, 3.05) is 13.1 Å². The van der Waals surface area contributed by atoms with Crippen molar-refractivity contribution in [1.29, 1.82) is 0 Å². The van der Waals surface area contributed by atoms with Gasteiger partial charge >= 0.3 is 5.69 Å². The Hall–Kier alpha value is -1.85. The van der Waals surface area contributed by atoms with E-state index in [9.17, 15) is 9.59 Å². The molecule has 2 heterocycles. The molecule has 5 nitrogen and oxygen atoms in total. The van der Waals surface area contributed by atoms with E-state index in [2.05, 4.69) is 22.0 Å². The van der Waals surface area contributed by atoms with Gasteiger partial charge in [0.05, 0.1) is 0 Å². The molecule has 0 bridgehead atoms. The topological polar surface area (TPSA) is 58.1 Å². The zero-order chi connectivity index (χ0) is 15.5. The Kier molecular flexibility index (Phi) is 4.45. The van der Waals surface area contributed by atoms with Gasteiger partial charge in [0, 0.05) is 31.7 Å². The number of halogens is 1. The average Bonchev–Trinajstić information content (AvgIpc) is 2.49. The van der Waals surface area contributed by atoms with E-state index in [0.29, 0.717) is 0 Å². The summed E-state index contributed by atoms with van der Waals surface area (Å²) in [5, 5.41) is 0.0905. The normalized spacial score (nSPS) is 16.8. The van der Waals surface area contributed by atoms with Crippen LogP contribution in [0.5, 0.6) is 0 Å². The molecule has 6 heteroatoms. The van der Waals surface area contributed by atoms with Crippen LogP contribution in [0.3, 0.4) is 0 Å². The van der Waals surface area contributed by atoms with E-state index in [0.717, 1.165) is 32.5 Å². The molecule has 0 amide bonds. The largest absolute Gasteiger partial charge is 0.329 e. The van der Waals surface area contributed by atoms with Gasteiger partial charge in [-0.2, -0.15) is 0 Å². The Labute approximate surface area is 133 Å². The molecule has 0 saturated carbocycles. The van der Waals surface area contributed by atoms with Crippen molar-refractivity contribution in [3.05, 3.63) is 68.0 Å². The first-order chi connectivity index (χ1) is 10.6. The van der Waals surface area contributed by atoms with Crippen LogP contribution in [0.15, 0.2) is 46.0 Å². The average molecular weight is 320 g/mol. The molecular weight excluding hydrogens is 302 g/mol. The number of nitrogens with one attached hydrogen (secondary N) is 1. The number of benzene rings is 1. The quantitative estimate of drug-likeness (QED) is 0.881. The molecule has 116 valence electrons. The molecule has 0 aliphatic carbocycles. The summed E-state index contributed by atoms with van der Waals surface area (Å²) in [7, 11) is 0. The monoisotopic (exact) mass is 319 g/mol. The highest BCUT2D eigenvalue weighted by atomic mass is 35.5. The molecule has 2 aromatic rings. The van der Waals surface area contributed by atoms with Crippen LogP contribution in [-0.2, 0) is 6.54 Å². The van der Waals surface area contributed by atoms with Crippen molar-refractivity contribution in [3.8, 4) is 0 Å². The van der Waals surface area contributed by atoms with Crippen LogP contribution in [0.1, 0.15) is 24.4 Å². The lowest BCUT2D eigenvalue weighted by atomic mass is 10.0. The van der Waals surface area contributed by atoms with Gasteiger partial charge in [0.25, 0.3) is 5.56 Å². The summed E-state index contributed by atoms with van der Waals surface area (Å²) in [5.41, 5.74) is 0.539. The van der Waals surface area contributed by atoms with Gasteiger partial charge in [-0.05, 0) is 18.4 Å². The third kappa shape index (κ3) is 3.31. The van der Waals surface area contributed by atoms with Crippen LogP contribution in [0, 0.1) is 0 Å². The predicted octanol–water partition coefficient (Wildman–Crippen LogP) is 2.03. The molecule has 1 N–H and O–H groups in total. The van der Waals surface area contributed by atoms with Crippen LogP contribution in [0.4, 0.5) is 0 Å². The summed E-state index contributed by atoms with van der Waals surface area (Å²) >= 11 is 5.70. The molecule has 0 atom stereocenters. The lowest BCUT2D eigenvalue weighted by Gasteiger charge is -2.32. The molecule has 1 aliphatic rings. The predicted molar refractivity (Wildman–Crippen MR) is 86.3 cm³/mol. The Morgan fingerprint density at radius 2 is 1.82 bits per heavy atom. The van der Waals surface area contributed by atoms with Crippen molar-refractivity contribution < 1.29 is 0 Å². The zero-order valence-corrected chi connectivity index (χ0v) is 12.9. The Morgan fingerprint density at radius 3 is 2.45 bits per heavy atom. The van der Waals surface area contributed by atoms with Crippen molar-refractivity contribution in [2.45, 2.75) is 25.4 Å². The Balaban J connectivity index is 1.67. The number of aromatic nitrogens is 2. The second-order valence-corrected chi connectivity index (χ2v) is 6.03. The highest BCUT2D eigenvalue weighted by Crippen LogP contribution is 2.21. The lowest BCUT2D eigenvalue weighted by Crippen LogP contribution is -2.43. The van der Waals surface area contributed by atoms with Gasteiger partial charge in [0.15, 0.2) is 0 Å². The number of hydrogen-bond donors (Lipinski definition) is 1. The number of hydrogen-bond acceptors (Lipinski definition) is 3. The molecule has 3 rings (SSSR count). The van der Waals surface area contributed by atoms with Gasteiger partial charge in [0.1, 0.15) is 5.15 Å². The third-order valence-corrected chi connectivity index (χ3v) is 4.31. The first-order valence-corrected chi connectivity index (χ1v) is 7.79. The van der Waals surface area contributed by atoms with Crippen LogP contribution < -0.4 is 11.2 Å². The molecule has 1 aliphatic heterocycles. The number of aromatic amines is 1. The minimum atomic E-state index is -0.418. The van der Waals surface area contributed by atoms with E-state index >= 15 is 0 Å². The highest BCUT2D eigenvalue weighted by molar-refractivity contribution is 6.29. The fourth-order valence-corrected chi connectivity index (χ4v) is 3.17. The zero-order valence-electron chi connectivity index (χ0n) is 12.2. The van der Waals surface area contributed by atoms with Gasteiger partial charge in [-0.15, -0.1) is 0 Å². The molecule has 1 fully saturated rings. The smallest absolute Gasteiger partial charge is 0.299 e. The van der Waals surface area contributed by atoms with E-state index in [-0.39, 0.29) is 16.8 Å². The summed E-state index contributed by atoms with van der Waals surface area (Å²) in [6.45, 7) is 2.64. The Morgan fingerprint density at radius 1 is 1.14 bits per heavy atom. The van der Waals surface area contributed by atoms with E-state index in [1.165, 1.54) is 16.2 Å². The second-order valence-electron chi connectivity index (χ2n) is 5.62. The molecule has 0 spiro atoms. The maximum atomic E-state index is 12.0. The van der Waals surface area contributed by atoms with E-state index in [4.69, 9.17) is 11.6 Å². The summed E-state index contributed by atoms with van der Waals surface area (Å²) in [5.74, 6) is 0. The van der Waals surface area contributed by atoms with E-state index in [1.54, 1.807) is 0 Å². The third-order valence-electron chi connectivity index (χ3n) is 4.10. The number of H-pyrrole nitrogens is 1. The van der Waals surface area contributed by atoms with Crippen LogP contribution in [0.25, 0.3) is 0 Å². The first-order valence-electron chi connectivity index (χ1n) is 7.41. The summed E-state index contributed by atoms with van der Waals surface area (Å²) in [6, 6.07) is 11.5. The molecule has 1 aromatic heterocycles. The first kappa shape index (κ1) is 15.1. The summed E-state index contributed by atoms with van der Waals surface area (Å²) in [6.07, 6.45) is 1.58. The molecule has 0 unspecified atom stereocenters. The number of piperidine rings is 1. The number of nitrogens with zero attached hydrogens (tertiary/aromatic N) is 2. The molecule has 22 heavy (non-hydrogen) atoms. The van der Waals surface area contributed by atoms with Gasteiger partial charge in [-0.3, -0.25) is 19.2 Å². The van der Waals surface area contributed by atoms with Gasteiger partial charge in [0.2, 0.25) is 0 Å². The fraction of sp³-hybridized carbons (Fsp3) is 0.375. The maximum Gasteiger partial charge on any atom is 0.329 e. The van der Waals surface area contributed by atoms with E-state index < -0.39 is 5.69 Å². The molecule has 1 saturated heterocycles. The molecule has 1 aromatic carbocycles.